The molecule has 1 aliphatic heterocycles. The first-order valence-electron chi connectivity index (χ1n) is 11.6. The van der Waals surface area contributed by atoms with Crippen LogP contribution in [0.4, 0.5) is 15.8 Å². The van der Waals surface area contributed by atoms with Gasteiger partial charge < -0.3 is 15.0 Å². The Morgan fingerprint density at radius 2 is 1.92 bits per heavy atom. The van der Waals surface area contributed by atoms with Crippen LogP contribution >= 0.6 is 0 Å². The molecule has 0 aliphatic carbocycles. The second-order valence-electron chi connectivity index (χ2n) is 8.80. The third-order valence-electron chi connectivity index (χ3n) is 6.21. The molecule has 1 aliphatic rings. The van der Waals surface area contributed by atoms with Gasteiger partial charge in [-0.3, -0.25) is 19.7 Å². The third kappa shape index (κ3) is 5.51. The van der Waals surface area contributed by atoms with Crippen molar-refractivity contribution in [2.75, 3.05) is 11.9 Å². The van der Waals surface area contributed by atoms with Crippen molar-refractivity contribution in [1.82, 2.24) is 4.90 Å². The SMILES string of the molecule is Cc1cc(OCc2cccc(F)c2)ccc1NC(=O)C1CCCN1C(=O)c1ccc([N+](=O)[O-])c(C)c1. The lowest BCUT2D eigenvalue weighted by Crippen LogP contribution is -2.43. The van der Waals surface area contributed by atoms with Gasteiger partial charge in [-0.2, -0.15) is 0 Å². The van der Waals surface area contributed by atoms with Crippen LogP contribution in [-0.4, -0.2) is 34.2 Å². The van der Waals surface area contributed by atoms with Crippen molar-refractivity contribution in [2.24, 2.45) is 0 Å². The van der Waals surface area contributed by atoms with E-state index in [1.807, 2.05) is 6.92 Å². The average Bonchev–Trinajstić information content (AvgIpc) is 3.34. The predicted molar refractivity (Wildman–Crippen MR) is 132 cm³/mol. The molecule has 3 aromatic carbocycles. The average molecular weight is 492 g/mol. The standard InChI is InChI=1S/C27H26FN3O5/c1-17-14-22(36-16-19-5-3-6-21(28)15-19)9-10-23(17)29-26(32)25-7-4-12-30(25)27(33)20-8-11-24(31(34)35)18(2)13-20/h3,5-6,8-11,13-15,25H,4,7,12,16H2,1-2H3,(H,29,32). The van der Waals surface area contributed by atoms with E-state index in [1.54, 1.807) is 37.3 Å². The monoisotopic (exact) mass is 491 g/mol. The van der Waals surface area contributed by atoms with Crippen molar-refractivity contribution < 1.29 is 23.6 Å². The second kappa shape index (κ2) is 10.6. The normalized spacial score (nSPS) is 15.0. The second-order valence-corrected chi connectivity index (χ2v) is 8.80. The number of carbonyl (C=O) groups is 2. The number of amides is 2. The molecule has 1 heterocycles. The molecule has 186 valence electrons. The summed E-state index contributed by atoms with van der Waals surface area (Å²) in [6, 6.07) is 15.0. The van der Waals surface area contributed by atoms with Crippen molar-refractivity contribution in [3.05, 3.63) is 98.8 Å². The minimum absolute atomic E-state index is 0.0545. The van der Waals surface area contributed by atoms with Gasteiger partial charge in [0.15, 0.2) is 0 Å². The first-order chi connectivity index (χ1) is 17.2. The Morgan fingerprint density at radius 3 is 2.61 bits per heavy atom. The van der Waals surface area contributed by atoms with Gasteiger partial charge in [0, 0.05) is 29.4 Å². The number of anilines is 1. The summed E-state index contributed by atoms with van der Waals surface area (Å²) >= 11 is 0. The van der Waals surface area contributed by atoms with Crippen molar-refractivity contribution in [1.29, 1.82) is 0 Å². The fourth-order valence-corrected chi connectivity index (χ4v) is 4.32. The zero-order valence-corrected chi connectivity index (χ0v) is 20.0. The fourth-order valence-electron chi connectivity index (χ4n) is 4.32. The molecule has 0 radical (unpaired) electrons. The van der Waals surface area contributed by atoms with Crippen LogP contribution in [0.1, 0.15) is 39.9 Å². The lowest BCUT2D eigenvalue weighted by molar-refractivity contribution is -0.385. The molecule has 0 saturated carbocycles. The number of rotatable bonds is 7. The quantitative estimate of drug-likeness (QED) is 0.363. The van der Waals surface area contributed by atoms with E-state index in [2.05, 4.69) is 5.32 Å². The summed E-state index contributed by atoms with van der Waals surface area (Å²) in [6.07, 6.45) is 1.21. The van der Waals surface area contributed by atoms with Crippen molar-refractivity contribution in [3.8, 4) is 5.75 Å². The molecule has 1 unspecified atom stereocenters. The number of nitrogens with zero attached hydrogens (tertiary/aromatic N) is 2. The molecule has 1 N–H and O–H groups in total. The number of halogens is 1. The van der Waals surface area contributed by atoms with Gasteiger partial charge in [0.2, 0.25) is 5.91 Å². The van der Waals surface area contributed by atoms with Crippen molar-refractivity contribution in [2.45, 2.75) is 39.3 Å². The Kier molecular flexibility index (Phi) is 7.28. The first-order valence-corrected chi connectivity index (χ1v) is 11.6. The van der Waals surface area contributed by atoms with Gasteiger partial charge in [0.1, 0.15) is 24.2 Å². The highest BCUT2D eigenvalue weighted by molar-refractivity contribution is 6.02. The highest BCUT2D eigenvalue weighted by Gasteiger charge is 2.35. The Labute approximate surface area is 207 Å². The van der Waals surface area contributed by atoms with Gasteiger partial charge in [-0.1, -0.05) is 12.1 Å². The number of aryl methyl sites for hydroxylation is 2. The van der Waals surface area contributed by atoms with Crippen LogP contribution in [-0.2, 0) is 11.4 Å². The number of nitro groups is 1. The molecule has 36 heavy (non-hydrogen) atoms. The van der Waals surface area contributed by atoms with E-state index in [1.165, 1.54) is 35.2 Å². The van der Waals surface area contributed by atoms with Crippen molar-refractivity contribution >= 4 is 23.2 Å². The van der Waals surface area contributed by atoms with E-state index >= 15 is 0 Å². The molecule has 0 bridgehead atoms. The highest BCUT2D eigenvalue weighted by atomic mass is 19.1. The van der Waals surface area contributed by atoms with E-state index < -0.39 is 11.0 Å². The van der Waals surface area contributed by atoms with E-state index in [0.29, 0.717) is 47.5 Å². The summed E-state index contributed by atoms with van der Waals surface area (Å²) in [4.78, 5) is 38.3. The summed E-state index contributed by atoms with van der Waals surface area (Å²) in [5.41, 5.74) is 2.74. The lowest BCUT2D eigenvalue weighted by Gasteiger charge is -2.24. The fraction of sp³-hybridized carbons (Fsp3) is 0.259. The smallest absolute Gasteiger partial charge is 0.272 e. The number of likely N-dealkylation sites (tertiary alicyclic amines) is 1. The lowest BCUT2D eigenvalue weighted by atomic mass is 10.1. The molecule has 4 rings (SSSR count). The molecule has 8 nitrogen and oxygen atoms in total. The Balaban J connectivity index is 1.41. The molecule has 0 spiro atoms. The number of ether oxygens (including phenoxy) is 1. The van der Waals surface area contributed by atoms with Crippen LogP contribution in [0.15, 0.2) is 60.7 Å². The van der Waals surface area contributed by atoms with Gasteiger partial charge in [0.05, 0.1) is 4.92 Å². The number of hydrogen-bond acceptors (Lipinski definition) is 5. The Bertz CT molecular complexity index is 1330. The first kappa shape index (κ1) is 24.8. The maximum absolute atomic E-state index is 13.4. The summed E-state index contributed by atoms with van der Waals surface area (Å²) < 4.78 is 19.1. The van der Waals surface area contributed by atoms with Gasteiger partial charge >= 0.3 is 0 Å². The van der Waals surface area contributed by atoms with Crippen molar-refractivity contribution in [3.63, 3.8) is 0 Å². The maximum Gasteiger partial charge on any atom is 0.272 e. The van der Waals surface area contributed by atoms with E-state index in [4.69, 9.17) is 4.74 Å². The minimum atomic E-state index is -0.642. The molecule has 3 aromatic rings. The van der Waals surface area contributed by atoms with Crippen LogP contribution in [0, 0.1) is 29.8 Å². The van der Waals surface area contributed by atoms with E-state index in [-0.39, 0.29) is 29.9 Å². The number of nitrogens with one attached hydrogen (secondary N) is 1. The number of carbonyl (C=O) groups excluding carboxylic acids is 2. The molecule has 1 saturated heterocycles. The van der Waals surface area contributed by atoms with Crippen LogP contribution < -0.4 is 10.1 Å². The number of benzene rings is 3. The summed E-state index contributed by atoms with van der Waals surface area (Å²) in [6.45, 7) is 4.06. The highest BCUT2D eigenvalue weighted by Crippen LogP contribution is 2.27. The van der Waals surface area contributed by atoms with Gasteiger partial charge in [0.25, 0.3) is 11.6 Å². The van der Waals surface area contributed by atoms with Crippen LogP contribution in [0.5, 0.6) is 5.75 Å². The minimum Gasteiger partial charge on any atom is -0.489 e. The largest absolute Gasteiger partial charge is 0.489 e. The molecule has 1 atom stereocenters. The predicted octanol–water partition coefficient (Wildman–Crippen LogP) is 5.17. The molecule has 1 fully saturated rings. The molecular formula is C27H26FN3O5. The molecular weight excluding hydrogens is 465 g/mol. The van der Waals surface area contributed by atoms with E-state index in [0.717, 1.165) is 5.56 Å². The van der Waals surface area contributed by atoms with E-state index in [9.17, 15) is 24.1 Å². The number of nitro benzene ring substituents is 1. The summed E-state index contributed by atoms with van der Waals surface area (Å²) in [5.74, 6) is -0.367. The molecule has 9 heteroatoms. The zero-order chi connectivity index (χ0) is 25.8. The van der Waals surface area contributed by atoms with Crippen LogP contribution in [0.25, 0.3) is 0 Å². The van der Waals surface area contributed by atoms with Gasteiger partial charge in [-0.05, 0) is 80.3 Å². The van der Waals surface area contributed by atoms with Gasteiger partial charge in [-0.25, -0.2) is 4.39 Å². The maximum atomic E-state index is 13.4. The number of hydrogen-bond donors (Lipinski definition) is 1. The van der Waals surface area contributed by atoms with Crippen LogP contribution in [0.2, 0.25) is 0 Å². The third-order valence-corrected chi connectivity index (χ3v) is 6.21. The summed E-state index contributed by atoms with van der Waals surface area (Å²) in [5, 5.41) is 14.0. The molecule has 2 amide bonds. The van der Waals surface area contributed by atoms with Gasteiger partial charge in [-0.15, -0.1) is 0 Å². The Hall–Kier alpha value is -4.27. The zero-order valence-electron chi connectivity index (χ0n) is 20.0. The molecule has 0 aromatic heterocycles. The summed E-state index contributed by atoms with van der Waals surface area (Å²) in [7, 11) is 0. The topological polar surface area (TPSA) is 102 Å². The van der Waals surface area contributed by atoms with Crippen LogP contribution in [0.3, 0.4) is 0 Å². The Morgan fingerprint density at radius 1 is 1.11 bits per heavy atom.